The molecule has 0 unspecified atom stereocenters. The second-order valence-electron chi connectivity index (χ2n) is 4.75. The number of esters is 1. The molecule has 3 rings (SSSR count). The lowest BCUT2D eigenvalue weighted by Crippen LogP contribution is -2.11. The predicted octanol–water partition coefficient (Wildman–Crippen LogP) is 3.14. The van der Waals surface area contributed by atoms with E-state index in [1.807, 2.05) is 0 Å². The first kappa shape index (κ1) is 12.0. The molecule has 1 fully saturated rings. The lowest BCUT2D eigenvalue weighted by molar-refractivity contribution is -0.135. The third-order valence-electron chi connectivity index (χ3n) is 3.15. The molecule has 5 heteroatoms. The van der Waals surface area contributed by atoms with Crippen LogP contribution in [0.5, 0.6) is 5.75 Å². The van der Waals surface area contributed by atoms with Gasteiger partial charge < -0.3 is 4.74 Å². The molecule has 19 heavy (non-hydrogen) atoms. The van der Waals surface area contributed by atoms with Crippen LogP contribution in [0.1, 0.15) is 18.4 Å². The summed E-state index contributed by atoms with van der Waals surface area (Å²) in [6.07, 6.45) is 3.13. The SMILES string of the molecule is Cc1cnc2cc(F)c(F)cc2c1OC(=O)C1CC1. The summed E-state index contributed by atoms with van der Waals surface area (Å²) in [5.41, 5.74) is 0.885. The number of hydrogen-bond donors (Lipinski definition) is 0. The van der Waals surface area contributed by atoms with Crippen molar-refractivity contribution in [3.63, 3.8) is 0 Å². The van der Waals surface area contributed by atoms with Gasteiger partial charge in [0.15, 0.2) is 11.6 Å². The summed E-state index contributed by atoms with van der Waals surface area (Å²) in [5, 5.41) is 0.313. The van der Waals surface area contributed by atoms with E-state index in [1.54, 1.807) is 6.92 Å². The fraction of sp³-hybridized carbons (Fsp3) is 0.286. The van der Waals surface area contributed by atoms with E-state index in [1.165, 1.54) is 6.20 Å². The number of pyridine rings is 1. The number of carbonyl (C=O) groups excluding carboxylic acids is 1. The van der Waals surface area contributed by atoms with Gasteiger partial charge in [0.2, 0.25) is 0 Å². The minimum absolute atomic E-state index is 0.0621. The molecule has 1 aromatic heterocycles. The fourth-order valence-corrected chi connectivity index (χ4v) is 1.90. The van der Waals surface area contributed by atoms with Crippen LogP contribution in [0.4, 0.5) is 8.78 Å². The number of aromatic nitrogens is 1. The van der Waals surface area contributed by atoms with Crippen LogP contribution in [-0.2, 0) is 4.79 Å². The van der Waals surface area contributed by atoms with Crippen LogP contribution in [0.25, 0.3) is 10.9 Å². The van der Waals surface area contributed by atoms with E-state index in [-0.39, 0.29) is 23.2 Å². The molecule has 0 bridgehead atoms. The largest absolute Gasteiger partial charge is 0.425 e. The Morgan fingerprint density at radius 2 is 2.00 bits per heavy atom. The van der Waals surface area contributed by atoms with Crippen LogP contribution in [-0.4, -0.2) is 11.0 Å². The molecule has 0 radical (unpaired) electrons. The Hall–Kier alpha value is -2.04. The maximum atomic E-state index is 13.3. The van der Waals surface area contributed by atoms with Crippen molar-refractivity contribution in [2.24, 2.45) is 5.92 Å². The third-order valence-corrected chi connectivity index (χ3v) is 3.15. The number of carbonyl (C=O) groups is 1. The van der Waals surface area contributed by atoms with Gasteiger partial charge in [-0.25, -0.2) is 8.78 Å². The maximum Gasteiger partial charge on any atom is 0.314 e. The molecule has 0 aliphatic heterocycles. The van der Waals surface area contributed by atoms with Crippen molar-refractivity contribution in [3.05, 3.63) is 35.5 Å². The van der Waals surface area contributed by atoms with Gasteiger partial charge >= 0.3 is 5.97 Å². The number of aryl methyl sites for hydroxylation is 1. The molecular formula is C14H11F2NO2. The number of nitrogens with zero attached hydrogens (tertiary/aromatic N) is 1. The zero-order chi connectivity index (χ0) is 13.6. The second-order valence-corrected chi connectivity index (χ2v) is 4.75. The quantitative estimate of drug-likeness (QED) is 0.781. The van der Waals surface area contributed by atoms with E-state index >= 15 is 0 Å². The van der Waals surface area contributed by atoms with Gasteiger partial charge in [-0.2, -0.15) is 0 Å². The molecule has 1 aliphatic rings. The van der Waals surface area contributed by atoms with E-state index in [4.69, 9.17) is 4.74 Å². The average Bonchev–Trinajstić information content (AvgIpc) is 3.19. The molecule has 1 aliphatic carbocycles. The third kappa shape index (κ3) is 2.16. The fourth-order valence-electron chi connectivity index (χ4n) is 1.90. The van der Waals surface area contributed by atoms with Crippen LogP contribution in [0.3, 0.4) is 0 Å². The minimum atomic E-state index is -0.983. The molecule has 98 valence electrons. The van der Waals surface area contributed by atoms with E-state index < -0.39 is 11.6 Å². The van der Waals surface area contributed by atoms with Gasteiger partial charge in [-0.15, -0.1) is 0 Å². The Labute approximate surface area is 108 Å². The normalized spacial score (nSPS) is 14.7. The average molecular weight is 263 g/mol. The first-order valence-corrected chi connectivity index (χ1v) is 6.02. The Morgan fingerprint density at radius 1 is 1.32 bits per heavy atom. The van der Waals surface area contributed by atoms with Gasteiger partial charge in [0.05, 0.1) is 11.4 Å². The minimum Gasteiger partial charge on any atom is -0.425 e. The van der Waals surface area contributed by atoms with Gasteiger partial charge in [-0.3, -0.25) is 9.78 Å². The Balaban J connectivity index is 2.12. The van der Waals surface area contributed by atoms with E-state index in [0.717, 1.165) is 25.0 Å². The Morgan fingerprint density at radius 3 is 2.68 bits per heavy atom. The highest BCUT2D eigenvalue weighted by molar-refractivity contribution is 5.89. The highest BCUT2D eigenvalue weighted by atomic mass is 19.2. The van der Waals surface area contributed by atoms with Crippen molar-refractivity contribution in [3.8, 4) is 5.75 Å². The molecule has 1 heterocycles. The second kappa shape index (κ2) is 4.26. The van der Waals surface area contributed by atoms with E-state index in [9.17, 15) is 13.6 Å². The summed E-state index contributed by atoms with van der Waals surface area (Å²) in [4.78, 5) is 15.7. The van der Waals surface area contributed by atoms with Gasteiger partial charge in [0, 0.05) is 23.2 Å². The van der Waals surface area contributed by atoms with Crippen LogP contribution in [0.15, 0.2) is 18.3 Å². The van der Waals surface area contributed by atoms with Gasteiger partial charge in [-0.1, -0.05) is 0 Å². The summed E-state index contributed by atoms with van der Waals surface area (Å²) in [6.45, 7) is 1.71. The Bertz CT molecular complexity index is 681. The lowest BCUT2D eigenvalue weighted by atomic mass is 10.1. The molecule has 1 aromatic carbocycles. The number of rotatable bonds is 2. The number of hydrogen-bond acceptors (Lipinski definition) is 3. The molecule has 0 spiro atoms. The number of halogens is 2. The van der Waals surface area contributed by atoms with E-state index in [2.05, 4.69) is 4.98 Å². The molecule has 0 atom stereocenters. The van der Waals surface area contributed by atoms with Crippen molar-refractivity contribution in [1.29, 1.82) is 0 Å². The summed E-state index contributed by atoms with van der Waals surface area (Å²) in [7, 11) is 0. The lowest BCUT2D eigenvalue weighted by Gasteiger charge is -2.10. The summed E-state index contributed by atoms with van der Waals surface area (Å²) in [5.74, 6) is -2.07. The van der Waals surface area contributed by atoms with Crippen molar-refractivity contribution < 1.29 is 18.3 Å². The monoisotopic (exact) mass is 263 g/mol. The molecule has 3 nitrogen and oxygen atoms in total. The first-order valence-electron chi connectivity index (χ1n) is 6.02. The van der Waals surface area contributed by atoms with Crippen molar-refractivity contribution in [2.75, 3.05) is 0 Å². The summed E-state index contributed by atoms with van der Waals surface area (Å²) < 4.78 is 31.8. The molecule has 0 N–H and O–H groups in total. The van der Waals surface area contributed by atoms with Crippen molar-refractivity contribution >= 4 is 16.9 Å². The topological polar surface area (TPSA) is 39.2 Å². The van der Waals surface area contributed by atoms with Crippen molar-refractivity contribution in [2.45, 2.75) is 19.8 Å². The summed E-state index contributed by atoms with van der Waals surface area (Å²) >= 11 is 0. The highest BCUT2D eigenvalue weighted by Gasteiger charge is 2.32. The predicted molar refractivity (Wildman–Crippen MR) is 64.8 cm³/mol. The highest BCUT2D eigenvalue weighted by Crippen LogP contribution is 2.34. The summed E-state index contributed by atoms with van der Waals surface area (Å²) in [6, 6.07) is 2.01. The van der Waals surface area contributed by atoms with Crippen LogP contribution >= 0.6 is 0 Å². The smallest absolute Gasteiger partial charge is 0.314 e. The Kier molecular flexibility index (Phi) is 2.69. The number of benzene rings is 1. The van der Waals surface area contributed by atoms with Gasteiger partial charge in [-0.05, 0) is 25.8 Å². The molecular weight excluding hydrogens is 252 g/mol. The molecule has 2 aromatic rings. The van der Waals surface area contributed by atoms with Crippen LogP contribution in [0, 0.1) is 24.5 Å². The molecule has 0 amide bonds. The van der Waals surface area contributed by atoms with Gasteiger partial charge in [0.1, 0.15) is 5.75 Å². The molecule has 0 saturated heterocycles. The first-order chi connectivity index (χ1) is 9.06. The zero-order valence-corrected chi connectivity index (χ0v) is 10.2. The van der Waals surface area contributed by atoms with Gasteiger partial charge in [0.25, 0.3) is 0 Å². The van der Waals surface area contributed by atoms with Crippen LogP contribution in [0.2, 0.25) is 0 Å². The van der Waals surface area contributed by atoms with Crippen LogP contribution < -0.4 is 4.74 Å². The van der Waals surface area contributed by atoms with E-state index in [0.29, 0.717) is 10.9 Å². The van der Waals surface area contributed by atoms with Crippen molar-refractivity contribution in [1.82, 2.24) is 4.98 Å². The molecule has 1 saturated carbocycles. The number of ether oxygens (including phenoxy) is 1. The maximum absolute atomic E-state index is 13.3. The zero-order valence-electron chi connectivity index (χ0n) is 10.2. The number of fused-ring (bicyclic) bond motifs is 1. The standard InChI is InChI=1S/C14H11F2NO2/c1-7-6-17-12-5-11(16)10(15)4-9(12)13(7)19-14(18)8-2-3-8/h4-6,8H,2-3H2,1H3.